The zero-order chi connectivity index (χ0) is 18.0. The molecule has 2 aromatic heterocycles. The van der Waals surface area contributed by atoms with Crippen molar-refractivity contribution < 1.29 is 9.59 Å². The maximum Gasteiger partial charge on any atom is 0.267 e. The molecule has 3 aromatic rings. The summed E-state index contributed by atoms with van der Waals surface area (Å²) in [5, 5.41) is 9.97. The number of amides is 2. The lowest BCUT2D eigenvalue weighted by Gasteiger charge is -2.09. The van der Waals surface area contributed by atoms with Crippen LogP contribution in [-0.4, -0.2) is 16.8 Å². The van der Waals surface area contributed by atoms with Gasteiger partial charge in [-0.05, 0) is 36.9 Å². The number of halogens is 1. The number of thiazole rings is 1. The van der Waals surface area contributed by atoms with Gasteiger partial charge in [0.15, 0.2) is 5.13 Å². The number of anilines is 2. The summed E-state index contributed by atoms with van der Waals surface area (Å²) in [6, 6.07) is 7.14. The first-order chi connectivity index (χ1) is 12.0. The van der Waals surface area contributed by atoms with Crippen molar-refractivity contribution in [2.75, 3.05) is 10.6 Å². The van der Waals surface area contributed by atoms with Crippen LogP contribution in [-0.2, 0) is 0 Å². The van der Waals surface area contributed by atoms with E-state index >= 15 is 0 Å². The third-order valence-corrected chi connectivity index (χ3v) is 5.54. The molecule has 0 aliphatic heterocycles. The largest absolute Gasteiger partial charge is 0.320 e. The van der Waals surface area contributed by atoms with Gasteiger partial charge in [-0.15, -0.1) is 0 Å². The number of hydrogen-bond acceptors (Lipinski definition) is 5. The second-order valence-electron chi connectivity index (χ2n) is 5.29. The van der Waals surface area contributed by atoms with Gasteiger partial charge >= 0.3 is 0 Å². The highest BCUT2D eigenvalue weighted by Gasteiger charge is 2.18. The van der Waals surface area contributed by atoms with Crippen molar-refractivity contribution in [2.24, 2.45) is 0 Å². The predicted molar refractivity (Wildman–Crippen MR) is 103 cm³/mol. The lowest BCUT2D eigenvalue weighted by Crippen LogP contribution is -2.12. The number of benzene rings is 1. The van der Waals surface area contributed by atoms with E-state index < -0.39 is 0 Å². The molecule has 0 radical (unpaired) electrons. The molecule has 0 aliphatic rings. The summed E-state index contributed by atoms with van der Waals surface area (Å²) >= 11 is 8.72. The molecule has 0 atom stereocenters. The van der Waals surface area contributed by atoms with Gasteiger partial charge < -0.3 is 5.32 Å². The standard InChI is InChI=1S/C17H14ClN3O2S2/c1-9-4-3-5-12(18)13(9)20-16(23)14-10(2)19-17(25-14)21-15(22)11-6-7-24-8-11/h3-8H,1-2H3,(H,20,23)(H,19,21,22). The number of thiophene rings is 1. The van der Waals surface area contributed by atoms with Crippen molar-refractivity contribution >= 4 is 56.9 Å². The fraction of sp³-hybridized carbons (Fsp3) is 0.118. The van der Waals surface area contributed by atoms with E-state index in [9.17, 15) is 9.59 Å². The Kier molecular flexibility index (Phi) is 5.17. The Balaban J connectivity index is 1.78. The molecular formula is C17H14ClN3O2S2. The van der Waals surface area contributed by atoms with Crippen molar-refractivity contribution in [3.8, 4) is 0 Å². The van der Waals surface area contributed by atoms with Crippen LogP contribution in [0.4, 0.5) is 10.8 Å². The van der Waals surface area contributed by atoms with Gasteiger partial charge in [-0.25, -0.2) is 4.98 Å². The molecule has 0 aliphatic carbocycles. The van der Waals surface area contributed by atoms with Crippen LogP contribution in [0.2, 0.25) is 5.02 Å². The second-order valence-corrected chi connectivity index (χ2v) is 7.47. The highest BCUT2D eigenvalue weighted by molar-refractivity contribution is 7.18. The van der Waals surface area contributed by atoms with Gasteiger partial charge in [0.25, 0.3) is 11.8 Å². The Morgan fingerprint density at radius 3 is 2.60 bits per heavy atom. The summed E-state index contributed by atoms with van der Waals surface area (Å²) in [6.07, 6.45) is 0. The zero-order valence-corrected chi connectivity index (χ0v) is 15.8. The van der Waals surface area contributed by atoms with Crippen molar-refractivity contribution in [3.05, 3.63) is 61.7 Å². The van der Waals surface area contributed by atoms with Gasteiger partial charge in [-0.2, -0.15) is 11.3 Å². The average Bonchev–Trinajstić information content (AvgIpc) is 3.21. The third kappa shape index (κ3) is 3.89. The molecule has 2 heterocycles. The molecule has 2 amide bonds. The van der Waals surface area contributed by atoms with Gasteiger partial charge in [0.2, 0.25) is 0 Å². The SMILES string of the molecule is Cc1cccc(Cl)c1NC(=O)c1sc(NC(=O)c2ccsc2)nc1C. The Morgan fingerprint density at radius 2 is 1.92 bits per heavy atom. The number of aryl methyl sites for hydroxylation is 2. The predicted octanol–water partition coefficient (Wildman–Crippen LogP) is 4.98. The molecule has 2 N–H and O–H groups in total. The number of nitrogens with one attached hydrogen (secondary N) is 2. The molecule has 3 rings (SSSR count). The molecule has 1 aromatic carbocycles. The molecule has 0 spiro atoms. The highest BCUT2D eigenvalue weighted by atomic mass is 35.5. The summed E-state index contributed by atoms with van der Waals surface area (Å²) in [5.41, 5.74) is 2.56. The minimum absolute atomic E-state index is 0.246. The number of carbonyl (C=O) groups is 2. The van der Waals surface area contributed by atoms with Crippen molar-refractivity contribution in [1.29, 1.82) is 0 Å². The number of nitrogens with zero attached hydrogens (tertiary/aromatic N) is 1. The van der Waals surface area contributed by atoms with E-state index in [-0.39, 0.29) is 11.8 Å². The topological polar surface area (TPSA) is 71.1 Å². The Bertz CT molecular complexity index is 915. The van der Waals surface area contributed by atoms with Crippen LogP contribution in [0.5, 0.6) is 0 Å². The van der Waals surface area contributed by atoms with E-state index in [0.717, 1.165) is 16.9 Å². The van der Waals surface area contributed by atoms with Crippen LogP contribution in [0.3, 0.4) is 0 Å². The van der Waals surface area contributed by atoms with Gasteiger partial charge in [-0.1, -0.05) is 35.1 Å². The molecule has 25 heavy (non-hydrogen) atoms. The lowest BCUT2D eigenvalue weighted by molar-refractivity contribution is 0.102. The van der Waals surface area contributed by atoms with Crippen LogP contribution >= 0.6 is 34.3 Å². The fourth-order valence-electron chi connectivity index (χ4n) is 2.18. The molecule has 0 saturated carbocycles. The van der Waals surface area contributed by atoms with Gasteiger partial charge in [0, 0.05) is 5.38 Å². The van der Waals surface area contributed by atoms with E-state index in [1.807, 2.05) is 24.4 Å². The average molecular weight is 392 g/mol. The Hall–Kier alpha value is -2.22. The number of carbonyl (C=O) groups excluding carboxylic acids is 2. The van der Waals surface area contributed by atoms with E-state index in [2.05, 4.69) is 15.6 Å². The summed E-state index contributed by atoms with van der Waals surface area (Å²) in [5.74, 6) is -0.550. The minimum atomic E-state index is -0.303. The third-order valence-electron chi connectivity index (χ3n) is 3.47. The first-order valence-corrected chi connectivity index (χ1v) is 9.47. The first kappa shape index (κ1) is 17.6. The second kappa shape index (κ2) is 7.35. The van der Waals surface area contributed by atoms with Crippen molar-refractivity contribution in [2.45, 2.75) is 13.8 Å². The summed E-state index contributed by atoms with van der Waals surface area (Å²) in [7, 11) is 0. The highest BCUT2D eigenvalue weighted by Crippen LogP contribution is 2.28. The first-order valence-electron chi connectivity index (χ1n) is 7.33. The maximum atomic E-state index is 12.6. The number of para-hydroxylation sites is 1. The molecule has 5 nitrogen and oxygen atoms in total. The molecule has 0 bridgehead atoms. The van der Waals surface area contributed by atoms with Crippen molar-refractivity contribution in [1.82, 2.24) is 4.98 Å². The number of rotatable bonds is 4. The maximum absolute atomic E-state index is 12.6. The van der Waals surface area contributed by atoms with E-state index in [1.165, 1.54) is 11.3 Å². The number of hydrogen-bond donors (Lipinski definition) is 2. The van der Waals surface area contributed by atoms with Gasteiger partial charge in [-0.3, -0.25) is 14.9 Å². The molecular weight excluding hydrogens is 378 g/mol. The van der Waals surface area contributed by atoms with E-state index in [4.69, 9.17) is 11.6 Å². The summed E-state index contributed by atoms with van der Waals surface area (Å²) < 4.78 is 0. The quantitative estimate of drug-likeness (QED) is 0.658. The Morgan fingerprint density at radius 1 is 1.12 bits per heavy atom. The van der Waals surface area contributed by atoms with Gasteiger partial charge in [0.1, 0.15) is 4.88 Å². The molecule has 0 fully saturated rings. The van der Waals surface area contributed by atoms with Crippen LogP contribution in [0.1, 0.15) is 31.3 Å². The summed E-state index contributed by atoms with van der Waals surface area (Å²) in [4.78, 5) is 29.3. The van der Waals surface area contributed by atoms with Crippen LogP contribution in [0, 0.1) is 13.8 Å². The monoisotopic (exact) mass is 391 g/mol. The minimum Gasteiger partial charge on any atom is -0.320 e. The molecule has 0 unspecified atom stereocenters. The lowest BCUT2D eigenvalue weighted by atomic mass is 10.2. The zero-order valence-electron chi connectivity index (χ0n) is 13.4. The fourth-order valence-corrected chi connectivity index (χ4v) is 3.95. The molecule has 8 heteroatoms. The van der Waals surface area contributed by atoms with Crippen LogP contribution < -0.4 is 10.6 Å². The summed E-state index contributed by atoms with van der Waals surface area (Å²) in [6.45, 7) is 3.60. The number of aromatic nitrogens is 1. The Labute approximate surface area is 157 Å². The van der Waals surface area contributed by atoms with Gasteiger partial charge in [0.05, 0.1) is 22.0 Å². The van der Waals surface area contributed by atoms with E-state index in [0.29, 0.717) is 32.0 Å². The van der Waals surface area contributed by atoms with Crippen LogP contribution in [0.25, 0.3) is 0 Å². The van der Waals surface area contributed by atoms with Crippen molar-refractivity contribution in [3.63, 3.8) is 0 Å². The smallest absolute Gasteiger partial charge is 0.267 e. The van der Waals surface area contributed by atoms with Crippen LogP contribution in [0.15, 0.2) is 35.0 Å². The van der Waals surface area contributed by atoms with E-state index in [1.54, 1.807) is 24.4 Å². The normalized spacial score (nSPS) is 10.5. The molecule has 128 valence electrons. The molecule has 0 saturated heterocycles.